The van der Waals surface area contributed by atoms with Gasteiger partial charge in [-0.25, -0.2) is 0 Å². The highest BCUT2D eigenvalue weighted by atomic mass is 35.5. The monoisotopic (exact) mass is 412 g/mol. The maximum atomic E-state index is 12.9. The Morgan fingerprint density at radius 2 is 1.90 bits per heavy atom. The highest BCUT2D eigenvalue weighted by Gasteiger charge is 2.52. The zero-order chi connectivity index (χ0) is 20.6. The van der Waals surface area contributed by atoms with E-state index in [9.17, 15) is 14.4 Å². The molecule has 4 rings (SSSR count). The van der Waals surface area contributed by atoms with Crippen LogP contribution in [0.25, 0.3) is 0 Å². The van der Waals surface area contributed by atoms with E-state index in [1.165, 1.54) is 4.90 Å². The first-order valence-electron chi connectivity index (χ1n) is 9.39. The van der Waals surface area contributed by atoms with Crippen LogP contribution in [0.3, 0.4) is 0 Å². The van der Waals surface area contributed by atoms with Gasteiger partial charge >= 0.3 is 0 Å². The van der Waals surface area contributed by atoms with Crippen molar-refractivity contribution in [1.29, 1.82) is 0 Å². The first kappa shape index (κ1) is 19.3. The number of amides is 3. The number of rotatable bonds is 4. The number of carbonyl (C=O) groups is 3. The summed E-state index contributed by atoms with van der Waals surface area (Å²) in [6, 6.07) is 13.2. The lowest BCUT2D eigenvalue weighted by molar-refractivity contribution is -0.128. The SMILES string of the molecule is CN1C(=O)[C@H](NC(=O)C2(NC(=O)c3ccccc3)CC2)CNc2cc(Cl)ccc21. The topological polar surface area (TPSA) is 90.5 Å². The molecule has 3 amide bonds. The minimum atomic E-state index is -0.964. The zero-order valence-electron chi connectivity index (χ0n) is 15.9. The number of halogens is 1. The van der Waals surface area contributed by atoms with Crippen molar-refractivity contribution in [2.75, 3.05) is 23.8 Å². The molecule has 1 aliphatic heterocycles. The summed E-state index contributed by atoms with van der Waals surface area (Å²) in [7, 11) is 1.66. The van der Waals surface area contributed by atoms with Crippen LogP contribution in [0.1, 0.15) is 23.2 Å². The standard InChI is InChI=1S/C21H21ClN4O3/c1-26-17-8-7-14(22)11-15(17)23-12-16(19(26)28)24-20(29)21(9-10-21)25-18(27)13-5-3-2-4-6-13/h2-8,11,16,23H,9-10,12H2,1H3,(H,24,29)(H,25,27)/t16-/m1/s1. The smallest absolute Gasteiger partial charge is 0.252 e. The van der Waals surface area contributed by atoms with Crippen molar-refractivity contribution in [3.05, 3.63) is 59.1 Å². The van der Waals surface area contributed by atoms with E-state index >= 15 is 0 Å². The molecule has 2 aromatic rings. The third-order valence-electron chi connectivity index (χ3n) is 5.32. The van der Waals surface area contributed by atoms with Gasteiger partial charge in [0, 0.05) is 24.2 Å². The molecule has 0 radical (unpaired) electrons. The molecule has 1 fully saturated rings. The minimum Gasteiger partial charge on any atom is -0.381 e. The summed E-state index contributed by atoms with van der Waals surface area (Å²) >= 11 is 6.05. The van der Waals surface area contributed by atoms with E-state index in [1.54, 1.807) is 49.5 Å². The lowest BCUT2D eigenvalue weighted by Crippen LogP contribution is -2.56. The molecule has 7 nitrogen and oxygen atoms in total. The quantitative estimate of drug-likeness (QED) is 0.717. The Morgan fingerprint density at radius 3 is 2.59 bits per heavy atom. The van der Waals surface area contributed by atoms with Crippen molar-refractivity contribution in [2.24, 2.45) is 0 Å². The number of anilines is 2. The van der Waals surface area contributed by atoms with Gasteiger partial charge in [-0.05, 0) is 43.2 Å². The van der Waals surface area contributed by atoms with Gasteiger partial charge in [0.15, 0.2) is 0 Å². The number of nitrogens with zero attached hydrogens (tertiary/aromatic N) is 1. The van der Waals surface area contributed by atoms with Crippen LogP contribution in [0.4, 0.5) is 11.4 Å². The molecule has 0 saturated heterocycles. The predicted molar refractivity (Wildman–Crippen MR) is 111 cm³/mol. The Labute approximate surface area is 173 Å². The van der Waals surface area contributed by atoms with Gasteiger partial charge in [-0.15, -0.1) is 0 Å². The summed E-state index contributed by atoms with van der Waals surface area (Å²) in [5.74, 6) is -0.890. The Balaban J connectivity index is 1.46. The Kier molecular flexibility index (Phi) is 4.92. The molecule has 150 valence electrons. The van der Waals surface area contributed by atoms with Gasteiger partial charge in [0.05, 0.1) is 11.4 Å². The summed E-state index contributed by atoms with van der Waals surface area (Å²) in [6.45, 7) is 0.227. The molecule has 0 bridgehead atoms. The molecule has 29 heavy (non-hydrogen) atoms. The van der Waals surface area contributed by atoms with Crippen molar-refractivity contribution in [3.8, 4) is 0 Å². The van der Waals surface area contributed by atoms with E-state index in [4.69, 9.17) is 11.6 Å². The number of hydrogen-bond acceptors (Lipinski definition) is 4. The summed E-state index contributed by atoms with van der Waals surface area (Å²) in [5.41, 5.74) is 0.943. The molecule has 2 aromatic carbocycles. The normalized spacial score (nSPS) is 19.4. The highest BCUT2D eigenvalue weighted by molar-refractivity contribution is 6.31. The van der Waals surface area contributed by atoms with E-state index in [2.05, 4.69) is 16.0 Å². The molecular weight excluding hydrogens is 392 g/mol. The van der Waals surface area contributed by atoms with Gasteiger partial charge in [-0.3, -0.25) is 14.4 Å². The van der Waals surface area contributed by atoms with Crippen molar-refractivity contribution >= 4 is 40.7 Å². The summed E-state index contributed by atoms with van der Waals surface area (Å²) in [5, 5.41) is 9.36. The maximum Gasteiger partial charge on any atom is 0.252 e. The van der Waals surface area contributed by atoms with Crippen LogP contribution in [-0.2, 0) is 9.59 Å². The molecule has 2 aliphatic rings. The summed E-state index contributed by atoms with van der Waals surface area (Å²) < 4.78 is 0. The molecular formula is C21H21ClN4O3. The van der Waals surface area contributed by atoms with E-state index < -0.39 is 11.6 Å². The molecule has 0 unspecified atom stereocenters. The first-order valence-corrected chi connectivity index (χ1v) is 9.77. The van der Waals surface area contributed by atoms with Gasteiger partial charge in [-0.2, -0.15) is 0 Å². The second-order valence-electron chi connectivity index (χ2n) is 7.37. The van der Waals surface area contributed by atoms with Crippen LogP contribution >= 0.6 is 11.6 Å². The molecule has 3 N–H and O–H groups in total. The maximum absolute atomic E-state index is 12.9. The van der Waals surface area contributed by atoms with Crippen LogP contribution in [0.2, 0.25) is 5.02 Å². The van der Waals surface area contributed by atoms with E-state index in [0.717, 1.165) is 5.69 Å². The Bertz CT molecular complexity index is 975. The van der Waals surface area contributed by atoms with E-state index in [-0.39, 0.29) is 24.3 Å². The number of fused-ring (bicyclic) bond motifs is 1. The minimum absolute atomic E-state index is 0.227. The molecule has 1 heterocycles. The lowest BCUT2D eigenvalue weighted by atomic mass is 10.1. The van der Waals surface area contributed by atoms with Crippen LogP contribution < -0.4 is 20.9 Å². The third-order valence-corrected chi connectivity index (χ3v) is 5.56. The second-order valence-corrected chi connectivity index (χ2v) is 7.80. The van der Waals surface area contributed by atoms with E-state index in [0.29, 0.717) is 29.1 Å². The fourth-order valence-electron chi connectivity index (χ4n) is 3.42. The summed E-state index contributed by atoms with van der Waals surface area (Å²) in [4.78, 5) is 39.7. The van der Waals surface area contributed by atoms with Crippen LogP contribution in [0, 0.1) is 0 Å². The molecule has 1 atom stereocenters. The molecule has 0 aromatic heterocycles. The fraction of sp³-hybridized carbons (Fsp3) is 0.286. The average Bonchev–Trinajstić information content (AvgIpc) is 3.52. The van der Waals surface area contributed by atoms with Crippen molar-refractivity contribution in [3.63, 3.8) is 0 Å². The van der Waals surface area contributed by atoms with Gasteiger partial charge in [0.1, 0.15) is 11.6 Å². The van der Waals surface area contributed by atoms with Crippen molar-refractivity contribution in [1.82, 2.24) is 10.6 Å². The molecule has 8 heteroatoms. The highest BCUT2D eigenvalue weighted by Crippen LogP contribution is 2.36. The number of likely N-dealkylation sites (N-methyl/N-ethyl adjacent to an activating group) is 1. The van der Waals surface area contributed by atoms with Crippen LogP contribution in [0.15, 0.2) is 48.5 Å². The number of nitrogens with one attached hydrogen (secondary N) is 3. The van der Waals surface area contributed by atoms with Crippen LogP contribution in [0.5, 0.6) is 0 Å². The number of hydrogen-bond donors (Lipinski definition) is 3. The van der Waals surface area contributed by atoms with Crippen LogP contribution in [-0.4, -0.2) is 42.9 Å². The predicted octanol–water partition coefficient (Wildman–Crippen LogP) is 2.18. The van der Waals surface area contributed by atoms with Gasteiger partial charge in [-0.1, -0.05) is 29.8 Å². The average molecular weight is 413 g/mol. The Morgan fingerprint density at radius 1 is 1.17 bits per heavy atom. The van der Waals surface area contributed by atoms with Crippen molar-refractivity contribution < 1.29 is 14.4 Å². The fourth-order valence-corrected chi connectivity index (χ4v) is 3.59. The van der Waals surface area contributed by atoms with Gasteiger partial charge in [0.25, 0.3) is 11.8 Å². The number of carbonyl (C=O) groups excluding carboxylic acids is 3. The third kappa shape index (κ3) is 3.78. The second kappa shape index (κ2) is 7.40. The van der Waals surface area contributed by atoms with Crippen molar-refractivity contribution in [2.45, 2.75) is 24.4 Å². The summed E-state index contributed by atoms with van der Waals surface area (Å²) in [6.07, 6.45) is 1.08. The lowest BCUT2D eigenvalue weighted by Gasteiger charge is -2.24. The van der Waals surface area contributed by atoms with Gasteiger partial charge < -0.3 is 20.9 Å². The largest absolute Gasteiger partial charge is 0.381 e. The Hall–Kier alpha value is -3.06. The molecule has 0 spiro atoms. The zero-order valence-corrected chi connectivity index (χ0v) is 16.6. The molecule has 1 saturated carbocycles. The van der Waals surface area contributed by atoms with E-state index in [1.807, 2.05) is 6.07 Å². The number of benzene rings is 2. The molecule has 1 aliphatic carbocycles. The van der Waals surface area contributed by atoms with Gasteiger partial charge in [0.2, 0.25) is 5.91 Å². The first-order chi connectivity index (χ1) is 13.9.